The van der Waals surface area contributed by atoms with Gasteiger partial charge in [0.25, 0.3) is 5.91 Å². The molecule has 1 rings (SSSR count). The van der Waals surface area contributed by atoms with Crippen LogP contribution in [0.4, 0.5) is 4.39 Å². The maximum Gasteiger partial charge on any atom is 0.254 e. The number of amides is 1. The molecule has 0 saturated carbocycles. The lowest BCUT2D eigenvalue weighted by molar-refractivity contribution is 0.0517. The Morgan fingerprint density at radius 1 is 1.50 bits per heavy atom. The molecule has 0 aliphatic carbocycles. The zero-order valence-corrected chi connectivity index (χ0v) is 9.46. The van der Waals surface area contributed by atoms with Gasteiger partial charge in [0.1, 0.15) is 5.82 Å². The minimum atomic E-state index is -0.957. The van der Waals surface area contributed by atoms with Crippen LogP contribution in [-0.2, 0) is 0 Å². The van der Waals surface area contributed by atoms with Crippen molar-refractivity contribution in [2.75, 3.05) is 6.54 Å². The van der Waals surface area contributed by atoms with Crippen LogP contribution in [0.5, 0.6) is 0 Å². The molecule has 0 spiro atoms. The summed E-state index contributed by atoms with van der Waals surface area (Å²) in [5.74, 6) is -1.07. The van der Waals surface area contributed by atoms with Gasteiger partial charge in [-0.3, -0.25) is 4.79 Å². The van der Waals surface area contributed by atoms with E-state index in [9.17, 15) is 14.3 Å². The zero-order chi connectivity index (χ0) is 12.2. The number of benzene rings is 1. The summed E-state index contributed by atoms with van der Waals surface area (Å²) < 4.78 is 13.2. The zero-order valence-electron chi connectivity index (χ0n) is 9.46. The topological polar surface area (TPSA) is 49.3 Å². The first kappa shape index (κ1) is 12.6. The Kier molecular flexibility index (Phi) is 4.01. The predicted octanol–water partition coefficient (Wildman–Crippen LogP) is 1.72. The van der Waals surface area contributed by atoms with E-state index in [1.165, 1.54) is 18.2 Å². The fourth-order valence-corrected chi connectivity index (χ4v) is 1.14. The molecule has 0 heterocycles. The second-order valence-electron chi connectivity index (χ2n) is 4.01. The molecule has 4 heteroatoms. The summed E-state index contributed by atoms with van der Waals surface area (Å²) in [7, 11) is 0. The van der Waals surface area contributed by atoms with Crippen LogP contribution >= 0.6 is 0 Å². The molecule has 0 bridgehead atoms. The van der Waals surface area contributed by atoms with E-state index < -0.39 is 17.3 Å². The van der Waals surface area contributed by atoms with E-state index >= 15 is 0 Å². The highest BCUT2D eigenvalue weighted by molar-refractivity contribution is 5.94. The Morgan fingerprint density at radius 3 is 2.69 bits per heavy atom. The lowest BCUT2D eigenvalue weighted by Crippen LogP contribution is -2.40. The third-order valence-corrected chi connectivity index (χ3v) is 2.51. The fraction of sp³-hybridized carbons (Fsp3) is 0.417. The van der Waals surface area contributed by atoms with Crippen molar-refractivity contribution in [3.05, 3.63) is 35.6 Å². The van der Waals surface area contributed by atoms with E-state index in [2.05, 4.69) is 5.32 Å². The first-order valence-electron chi connectivity index (χ1n) is 5.21. The Labute approximate surface area is 94.3 Å². The lowest BCUT2D eigenvalue weighted by atomic mass is 10.0. The van der Waals surface area contributed by atoms with Gasteiger partial charge < -0.3 is 10.4 Å². The van der Waals surface area contributed by atoms with E-state index in [0.717, 1.165) is 0 Å². The molecule has 16 heavy (non-hydrogen) atoms. The third kappa shape index (κ3) is 3.31. The van der Waals surface area contributed by atoms with Crippen LogP contribution < -0.4 is 5.32 Å². The molecule has 2 N–H and O–H groups in total. The van der Waals surface area contributed by atoms with Crippen molar-refractivity contribution in [2.24, 2.45) is 0 Å². The number of halogens is 1. The average molecular weight is 225 g/mol. The molecule has 1 amide bonds. The van der Waals surface area contributed by atoms with Gasteiger partial charge in [-0.1, -0.05) is 19.1 Å². The summed E-state index contributed by atoms with van der Waals surface area (Å²) in [5, 5.41) is 12.2. The summed E-state index contributed by atoms with van der Waals surface area (Å²) >= 11 is 0. The van der Waals surface area contributed by atoms with Crippen molar-refractivity contribution < 1.29 is 14.3 Å². The molecule has 0 saturated heterocycles. The number of hydrogen-bond donors (Lipinski definition) is 2. The number of hydrogen-bond acceptors (Lipinski definition) is 2. The van der Waals surface area contributed by atoms with Crippen molar-refractivity contribution >= 4 is 5.91 Å². The first-order chi connectivity index (χ1) is 7.46. The molecule has 1 aromatic carbocycles. The van der Waals surface area contributed by atoms with Gasteiger partial charge in [0.05, 0.1) is 11.2 Å². The van der Waals surface area contributed by atoms with Gasteiger partial charge in [-0.25, -0.2) is 4.39 Å². The quantitative estimate of drug-likeness (QED) is 0.819. The van der Waals surface area contributed by atoms with E-state index in [1.807, 2.05) is 6.92 Å². The van der Waals surface area contributed by atoms with Crippen LogP contribution in [0.1, 0.15) is 30.6 Å². The minimum Gasteiger partial charge on any atom is -0.388 e. The molecular formula is C12H16FNO2. The molecule has 88 valence electrons. The molecule has 1 atom stereocenters. The molecule has 0 aliphatic heterocycles. The molecule has 0 aromatic heterocycles. The average Bonchev–Trinajstić information content (AvgIpc) is 2.27. The van der Waals surface area contributed by atoms with Crippen LogP contribution in [0.2, 0.25) is 0 Å². The van der Waals surface area contributed by atoms with Gasteiger partial charge in [0.2, 0.25) is 0 Å². The van der Waals surface area contributed by atoms with Crippen LogP contribution in [0.15, 0.2) is 24.3 Å². The van der Waals surface area contributed by atoms with Crippen LogP contribution in [-0.4, -0.2) is 23.2 Å². The molecular weight excluding hydrogens is 209 g/mol. The Hall–Kier alpha value is -1.42. The van der Waals surface area contributed by atoms with Crippen LogP contribution in [0.3, 0.4) is 0 Å². The van der Waals surface area contributed by atoms with Crippen molar-refractivity contribution in [3.63, 3.8) is 0 Å². The van der Waals surface area contributed by atoms with Crippen LogP contribution in [0, 0.1) is 5.82 Å². The molecule has 0 aliphatic rings. The van der Waals surface area contributed by atoms with E-state index in [4.69, 9.17) is 0 Å². The number of nitrogens with one attached hydrogen (secondary N) is 1. The van der Waals surface area contributed by atoms with Gasteiger partial charge in [0.15, 0.2) is 0 Å². The maximum atomic E-state index is 13.2. The first-order valence-corrected chi connectivity index (χ1v) is 5.21. The number of carbonyl (C=O) groups excluding carboxylic acids is 1. The highest BCUT2D eigenvalue weighted by atomic mass is 19.1. The lowest BCUT2D eigenvalue weighted by Gasteiger charge is -2.21. The van der Waals surface area contributed by atoms with Crippen molar-refractivity contribution in [1.29, 1.82) is 0 Å². The maximum absolute atomic E-state index is 13.2. The number of aliphatic hydroxyl groups is 1. The number of carbonyl (C=O) groups is 1. The van der Waals surface area contributed by atoms with Crippen molar-refractivity contribution in [2.45, 2.75) is 25.9 Å². The van der Waals surface area contributed by atoms with Gasteiger partial charge >= 0.3 is 0 Å². The summed E-state index contributed by atoms with van der Waals surface area (Å²) in [4.78, 5) is 11.6. The van der Waals surface area contributed by atoms with Gasteiger partial charge in [0, 0.05) is 6.54 Å². The number of rotatable bonds is 4. The van der Waals surface area contributed by atoms with Crippen molar-refractivity contribution in [3.8, 4) is 0 Å². The van der Waals surface area contributed by atoms with E-state index in [1.54, 1.807) is 13.0 Å². The van der Waals surface area contributed by atoms with Gasteiger partial charge in [-0.05, 0) is 25.5 Å². The molecule has 1 aromatic rings. The summed E-state index contributed by atoms with van der Waals surface area (Å²) in [6.45, 7) is 3.54. The monoisotopic (exact) mass is 225 g/mol. The Bertz CT molecular complexity index is 377. The van der Waals surface area contributed by atoms with Gasteiger partial charge in [-0.15, -0.1) is 0 Å². The summed E-state index contributed by atoms with van der Waals surface area (Å²) in [5.41, 5.74) is -0.963. The third-order valence-electron chi connectivity index (χ3n) is 2.51. The van der Waals surface area contributed by atoms with Crippen molar-refractivity contribution in [1.82, 2.24) is 5.32 Å². The second-order valence-corrected chi connectivity index (χ2v) is 4.01. The smallest absolute Gasteiger partial charge is 0.254 e. The molecule has 0 radical (unpaired) electrons. The summed E-state index contributed by atoms with van der Waals surface area (Å²) in [6, 6.07) is 5.75. The largest absolute Gasteiger partial charge is 0.388 e. The molecule has 3 nitrogen and oxygen atoms in total. The highest BCUT2D eigenvalue weighted by Crippen LogP contribution is 2.09. The molecule has 1 unspecified atom stereocenters. The standard InChI is InChI=1S/C12H16FNO2/c1-3-12(2,16)8-14-11(15)9-6-4-5-7-10(9)13/h4-7,16H,3,8H2,1-2H3,(H,14,15). The van der Waals surface area contributed by atoms with E-state index in [0.29, 0.717) is 6.42 Å². The van der Waals surface area contributed by atoms with E-state index in [-0.39, 0.29) is 12.1 Å². The molecule has 0 fully saturated rings. The van der Waals surface area contributed by atoms with Gasteiger partial charge in [-0.2, -0.15) is 0 Å². The Morgan fingerprint density at radius 2 is 2.12 bits per heavy atom. The predicted molar refractivity (Wildman–Crippen MR) is 59.6 cm³/mol. The second kappa shape index (κ2) is 5.07. The summed E-state index contributed by atoms with van der Waals surface area (Å²) in [6.07, 6.45) is 0.518. The Balaban J connectivity index is 2.64. The normalized spacial score (nSPS) is 14.2. The minimum absolute atomic E-state index is 0.00518. The SMILES string of the molecule is CCC(C)(O)CNC(=O)c1ccccc1F. The fourth-order valence-electron chi connectivity index (χ4n) is 1.14. The highest BCUT2D eigenvalue weighted by Gasteiger charge is 2.19. The van der Waals surface area contributed by atoms with Crippen LogP contribution in [0.25, 0.3) is 0 Å².